The number of nitrogens with zero attached hydrogens (tertiary/aromatic N) is 1. The molecule has 0 spiro atoms. The van der Waals surface area contributed by atoms with Crippen LogP contribution in [0.25, 0.3) is 0 Å². The Balaban J connectivity index is 0.00000210. The molecule has 1 saturated heterocycles. The number of benzene rings is 2. The normalized spacial score (nSPS) is 16.1. The molecule has 0 radical (unpaired) electrons. The number of alkyl halides is 1. The van der Waals surface area contributed by atoms with E-state index in [0.717, 1.165) is 48.9 Å². The first-order valence-electron chi connectivity index (χ1n) is 12.5. The molecule has 1 aliphatic heterocycles. The van der Waals surface area contributed by atoms with Crippen molar-refractivity contribution in [1.29, 1.82) is 0 Å². The van der Waals surface area contributed by atoms with Gasteiger partial charge in [-0.05, 0) is 41.8 Å². The number of aryl methyl sites for hydroxylation is 1. The summed E-state index contributed by atoms with van der Waals surface area (Å²) < 4.78 is 16.9. The molecule has 0 saturated carbocycles. The fraction of sp³-hybridized carbons (Fsp3) is 0.571. The van der Waals surface area contributed by atoms with Gasteiger partial charge in [-0.1, -0.05) is 52.0 Å². The summed E-state index contributed by atoms with van der Waals surface area (Å²) in [6, 6.07) is 14.2. The molecule has 0 bridgehead atoms. The van der Waals surface area contributed by atoms with Gasteiger partial charge < -0.3 is 24.4 Å². The van der Waals surface area contributed by atoms with Gasteiger partial charge in [-0.3, -0.25) is 4.90 Å². The van der Waals surface area contributed by atoms with Crippen molar-refractivity contribution in [2.45, 2.75) is 52.2 Å². The lowest BCUT2D eigenvalue weighted by Gasteiger charge is -2.28. The number of halogens is 1. The molecule has 2 N–H and O–H groups in total. The average molecular weight is 508 g/mol. The molecular formula is C28H42ClNO5. The molecule has 1 aliphatic rings. The van der Waals surface area contributed by atoms with E-state index >= 15 is 0 Å². The zero-order valence-electron chi connectivity index (χ0n) is 21.8. The van der Waals surface area contributed by atoms with Gasteiger partial charge in [0.2, 0.25) is 0 Å². The molecule has 0 aliphatic carbocycles. The number of β-amino-alcohol motifs (C(OH)–C–C–N with tert-alkyl or cyclic N) is 1. The summed E-state index contributed by atoms with van der Waals surface area (Å²) in [5, 5.41) is 19.9. The lowest BCUT2D eigenvalue weighted by molar-refractivity contribution is 0.00465. The molecule has 0 amide bonds. The van der Waals surface area contributed by atoms with Gasteiger partial charge in [0.25, 0.3) is 0 Å². The second kappa shape index (κ2) is 14.7. The molecule has 3 rings (SSSR count). The van der Waals surface area contributed by atoms with E-state index in [9.17, 15) is 10.2 Å². The van der Waals surface area contributed by atoms with E-state index in [2.05, 4.69) is 43.0 Å². The fourth-order valence-electron chi connectivity index (χ4n) is 3.89. The first kappa shape index (κ1) is 29.4. The molecule has 2 aromatic rings. The summed E-state index contributed by atoms with van der Waals surface area (Å²) in [5.74, 6) is 1.64. The van der Waals surface area contributed by atoms with Crippen LogP contribution in [0.5, 0.6) is 11.5 Å². The minimum atomic E-state index is -0.677. The maximum Gasteiger partial charge on any atom is 0.122 e. The van der Waals surface area contributed by atoms with Crippen LogP contribution in [-0.4, -0.2) is 79.3 Å². The van der Waals surface area contributed by atoms with Crippen molar-refractivity contribution in [2.75, 3.05) is 51.9 Å². The topological polar surface area (TPSA) is 71.4 Å². The van der Waals surface area contributed by atoms with Crippen molar-refractivity contribution < 1.29 is 24.4 Å². The third kappa shape index (κ3) is 8.96. The Labute approximate surface area is 215 Å². The minimum Gasteiger partial charge on any atom is -0.491 e. The lowest BCUT2D eigenvalue weighted by atomic mass is 9.77. The predicted octanol–water partition coefficient (Wildman–Crippen LogP) is 4.40. The molecule has 35 heavy (non-hydrogen) atoms. The number of morpholine rings is 1. The first-order chi connectivity index (χ1) is 16.8. The van der Waals surface area contributed by atoms with Gasteiger partial charge in [0.1, 0.15) is 36.9 Å². The van der Waals surface area contributed by atoms with Crippen LogP contribution in [0.1, 0.15) is 44.4 Å². The average Bonchev–Trinajstić information content (AvgIpc) is 2.88. The Morgan fingerprint density at radius 2 is 1.54 bits per heavy atom. The minimum absolute atomic E-state index is 0.150. The summed E-state index contributed by atoms with van der Waals surface area (Å²) >= 11 is 5.64. The van der Waals surface area contributed by atoms with Crippen LogP contribution >= 0.6 is 11.6 Å². The number of aliphatic hydroxyl groups is 2. The number of hydrogen-bond acceptors (Lipinski definition) is 6. The third-order valence-corrected chi connectivity index (χ3v) is 6.45. The monoisotopic (exact) mass is 507 g/mol. The standard InChI is InChI=1S/C26H36ClNO5.C2H6/c1-19-14-21(6-9-25(19)33-17-22(29)15-27)26(2,3)20-4-7-24(8-5-20)32-18-23(30)16-28-10-12-31-13-11-28;1-2/h4-9,14,22-23,29-30H,10-13,15-18H2,1-3H3;1-2H3. The highest BCUT2D eigenvalue weighted by Crippen LogP contribution is 2.34. The summed E-state index contributed by atoms with van der Waals surface area (Å²) in [6.07, 6.45) is -1.21. The highest BCUT2D eigenvalue weighted by atomic mass is 35.5. The number of rotatable bonds is 11. The van der Waals surface area contributed by atoms with Gasteiger partial charge in [0, 0.05) is 25.0 Å². The van der Waals surface area contributed by atoms with Crippen molar-refractivity contribution in [3.63, 3.8) is 0 Å². The number of ether oxygens (including phenoxy) is 3. The Morgan fingerprint density at radius 1 is 0.943 bits per heavy atom. The summed E-state index contributed by atoms with van der Waals surface area (Å²) in [6.45, 7) is 14.5. The van der Waals surface area contributed by atoms with Crippen LogP contribution in [-0.2, 0) is 10.2 Å². The summed E-state index contributed by atoms with van der Waals surface area (Å²) in [5.41, 5.74) is 3.12. The van der Waals surface area contributed by atoms with Crippen molar-refractivity contribution in [3.05, 3.63) is 59.2 Å². The Bertz CT molecular complexity index is 868. The van der Waals surface area contributed by atoms with Gasteiger partial charge in [-0.15, -0.1) is 11.6 Å². The highest BCUT2D eigenvalue weighted by molar-refractivity contribution is 6.18. The molecule has 196 valence electrons. The molecule has 0 aromatic heterocycles. The molecule has 1 heterocycles. The SMILES string of the molecule is CC.Cc1cc(C(C)(C)c2ccc(OCC(O)CN3CCOCC3)cc2)ccc1OCC(O)CCl. The van der Waals surface area contributed by atoms with E-state index in [0.29, 0.717) is 6.54 Å². The van der Waals surface area contributed by atoms with Crippen LogP contribution in [0, 0.1) is 6.92 Å². The molecule has 2 unspecified atom stereocenters. The van der Waals surface area contributed by atoms with Crippen molar-refractivity contribution >= 4 is 11.6 Å². The Morgan fingerprint density at radius 3 is 2.14 bits per heavy atom. The van der Waals surface area contributed by atoms with Crippen LogP contribution in [0.2, 0.25) is 0 Å². The molecule has 1 fully saturated rings. The van der Waals surface area contributed by atoms with Crippen molar-refractivity contribution in [1.82, 2.24) is 4.90 Å². The molecule has 7 heteroatoms. The van der Waals surface area contributed by atoms with Crippen LogP contribution < -0.4 is 9.47 Å². The quantitative estimate of drug-likeness (QED) is 0.439. The smallest absolute Gasteiger partial charge is 0.122 e. The maximum atomic E-state index is 10.3. The van der Waals surface area contributed by atoms with Crippen LogP contribution in [0.3, 0.4) is 0 Å². The highest BCUT2D eigenvalue weighted by Gasteiger charge is 2.24. The molecular weight excluding hydrogens is 466 g/mol. The van der Waals surface area contributed by atoms with E-state index < -0.39 is 12.2 Å². The van der Waals surface area contributed by atoms with Gasteiger partial charge in [0.05, 0.1) is 19.1 Å². The van der Waals surface area contributed by atoms with Gasteiger partial charge >= 0.3 is 0 Å². The summed E-state index contributed by atoms with van der Waals surface area (Å²) in [4.78, 5) is 2.20. The van der Waals surface area contributed by atoms with E-state index in [-0.39, 0.29) is 24.5 Å². The van der Waals surface area contributed by atoms with Crippen LogP contribution in [0.15, 0.2) is 42.5 Å². The maximum absolute atomic E-state index is 10.3. The predicted molar refractivity (Wildman–Crippen MR) is 142 cm³/mol. The third-order valence-electron chi connectivity index (χ3n) is 6.10. The van der Waals surface area contributed by atoms with E-state index in [1.54, 1.807) is 0 Å². The second-order valence-corrected chi connectivity index (χ2v) is 9.44. The fourth-order valence-corrected chi connectivity index (χ4v) is 3.98. The van der Waals surface area contributed by atoms with Crippen molar-refractivity contribution in [3.8, 4) is 11.5 Å². The second-order valence-electron chi connectivity index (χ2n) is 9.13. The van der Waals surface area contributed by atoms with Crippen LogP contribution in [0.4, 0.5) is 0 Å². The Kier molecular flexibility index (Phi) is 12.3. The Hall–Kier alpha value is -1.83. The number of aliphatic hydroxyl groups excluding tert-OH is 2. The van der Waals surface area contributed by atoms with Crippen molar-refractivity contribution in [2.24, 2.45) is 0 Å². The molecule has 2 aromatic carbocycles. The lowest BCUT2D eigenvalue weighted by Crippen LogP contribution is -2.42. The van der Waals surface area contributed by atoms with Gasteiger partial charge in [-0.25, -0.2) is 0 Å². The zero-order chi connectivity index (χ0) is 25.8. The van der Waals surface area contributed by atoms with E-state index in [1.807, 2.05) is 39.0 Å². The summed E-state index contributed by atoms with van der Waals surface area (Å²) in [7, 11) is 0. The van der Waals surface area contributed by atoms with Gasteiger partial charge in [0.15, 0.2) is 0 Å². The molecule has 6 nitrogen and oxygen atoms in total. The zero-order valence-corrected chi connectivity index (χ0v) is 22.6. The first-order valence-corrected chi connectivity index (χ1v) is 13.0. The van der Waals surface area contributed by atoms with E-state index in [1.165, 1.54) is 5.56 Å². The molecule has 2 atom stereocenters. The largest absolute Gasteiger partial charge is 0.491 e. The van der Waals surface area contributed by atoms with Gasteiger partial charge in [-0.2, -0.15) is 0 Å². The number of hydrogen-bond donors (Lipinski definition) is 2. The van der Waals surface area contributed by atoms with E-state index in [4.69, 9.17) is 25.8 Å².